The van der Waals surface area contributed by atoms with Crippen LogP contribution in [0.4, 0.5) is 14.5 Å². The van der Waals surface area contributed by atoms with E-state index in [0.29, 0.717) is 17.6 Å². The maximum Gasteiger partial charge on any atom is 0.351 e. The number of fused-ring (bicyclic) bond motifs is 1. The van der Waals surface area contributed by atoms with Crippen molar-refractivity contribution in [1.29, 1.82) is 0 Å². The van der Waals surface area contributed by atoms with Crippen LogP contribution in [-0.4, -0.2) is 31.2 Å². The quantitative estimate of drug-likeness (QED) is 0.858. The zero-order valence-corrected chi connectivity index (χ0v) is 12.8. The maximum absolute atomic E-state index is 13.4. The van der Waals surface area contributed by atoms with E-state index in [1.807, 2.05) is 0 Å². The maximum atomic E-state index is 13.4. The van der Waals surface area contributed by atoms with Gasteiger partial charge in [0, 0.05) is 6.07 Å². The van der Waals surface area contributed by atoms with Gasteiger partial charge < -0.3 is 19.5 Å². The third kappa shape index (κ3) is 4.03. The highest BCUT2D eigenvalue weighted by atomic mass is 19.1. The summed E-state index contributed by atoms with van der Waals surface area (Å²) in [5, 5.41) is 2.18. The Labute approximate surface area is 141 Å². The number of benzene rings is 2. The molecule has 1 aliphatic rings. The number of ether oxygens (including phenoxy) is 3. The van der Waals surface area contributed by atoms with Gasteiger partial charge in [0.15, 0.2) is 18.1 Å². The predicted octanol–water partition coefficient (Wildman–Crippen LogP) is 2.29. The zero-order valence-electron chi connectivity index (χ0n) is 12.8. The molecule has 2 aromatic rings. The molecule has 0 bridgehead atoms. The molecular weight excluding hydrogens is 336 g/mol. The lowest BCUT2D eigenvalue weighted by Gasteiger charge is -2.24. The molecule has 0 radical (unpaired) electrons. The van der Waals surface area contributed by atoms with Gasteiger partial charge in [-0.3, -0.25) is 4.79 Å². The Bertz CT molecular complexity index is 811. The first-order chi connectivity index (χ1) is 12.0. The van der Waals surface area contributed by atoms with E-state index in [1.54, 1.807) is 24.3 Å². The molecular formula is C17H13F2NO5. The van der Waals surface area contributed by atoms with Gasteiger partial charge in [0.1, 0.15) is 18.2 Å². The van der Waals surface area contributed by atoms with Crippen LogP contribution in [-0.2, 0) is 14.3 Å². The first-order valence-corrected chi connectivity index (χ1v) is 7.33. The minimum atomic E-state index is -1.01. The average Bonchev–Trinajstić information content (AvgIpc) is 2.61. The standard InChI is InChI=1S/C17H13F2NO5/c18-10-5-6-12(11(19)7-10)20-16(21)9-24-17(22)15-8-23-13-3-1-2-4-14(13)25-15/h1-7,15H,8-9H2,(H,20,21)/t15-/m0/s1. The molecule has 1 atom stereocenters. The molecule has 8 heteroatoms. The van der Waals surface area contributed by atoms with Crippen LogP contribution in [0.1, 0.15) is 0 Å². The lowest BCUT2D eigenvalue weighted by molar-refractivity contribution is -0.156. The molecule has 0 aliphatic carbocycles. The molecule has 0 fully saturated rings. The van der Waals surface area contributed by atoms with Crippen molar-refractivity contribution in [1.82, 2.24) is 0 Å². The summed E-state index contributed by atoms with van der Waals surface area (Å²) in [6.07, 6.45) is -1.01. The minimum absolute atomic E-state index is 0.0515. The van der Waals surface area contributed by atoms with E-state index >= 15 is 0 Å². The van der Waals surface area contributed by atoms with E-state index < -0.39 is 36.2 Å². The fourth-order valence-electron chi connectivity index (χ4n) is 2.14. The van der Waals surface area contributed by atoms with E-state index in [-0.39, 0.29) is 12.3 Å². The van der Waals surface area contributed by atoms with Crippen molar-refractivity contribution in [3.63, 3.8) is 0 Å². The Morgan fingerprint density at radius 3 is 2.68 bits per heavy atom. The van der Waals surface area contributed by atoms with E-state index in [0.717, 1.165) is 12.1 Å². The summed E-state index contributed by atoms with van der Waals surface area (Å²) >= 11 is 0. The van der Waals surface area contributed by atoms with Gasteiger partial charge in [-0.15, -0.1) is 0 Å². The van der Waals surface area contributed by atoms with E-state index in [2.05, 4.69) is 5.32 Å². The van der Waals surface area contributed by atoms with Crippen molar-refractivity contribution in [3.8, 4) is 11.5 Å². The van der Waals surface area contributed by atoms with Crippen molar-refractivity contribution in [3.05, 3.63) is 54.1 Å². The third-order valence-electron chi connectivity index (χ3n) is 3.32. The fraction of sp³-hybridized carbons (Fsp3) is 0.176. The smallest absolute Gasteiger partial charge is 0.351 e. The van der Waals surface area contributed by atoms with E-state index in [4.69, 9.17) is 14.2 Å². The number of para-hydroxylation sites is 2. The summed E-state index contributed by atoms with van der Waals surface area (Å²) in [5.74, 6) is -2.35. The molecule has 1 aliphatic heterocycles. The van der Waals surface area contributed by atoms with Gasteiger partial charge in [-0.1, -0.05) is 12.1 Å². The largest absolute Gasteiger partial charge is 0.485 e. The van der Waals surface area contributed by atoms with Gasteiger partial charge in [-0.05, 0) is 24.3 Å². The Morgan fingerprint density at radius 1 is 1.16 bits per heavy atom. The van der Waals surface area contributed by atoms with Gasteiger partial charge in [0.05, 0.1) is 5.69 Å². The number of halogens is 2. The summed E-state index contributed by atoms with van der Waals surface area (Å²) in [5.41, 5.74) is -0.214. The second-order valence-corrected chi connectivity index (χ2v) is 5.14. The monoisotopic (exact) mass is 349 g/mol. The molecule has 2 aromatic carbocycles. The number of carbonyl (C=O) groups is 2. The minimum Gasteiger partial charge on any atom is -0.485 e. The van der Waals surface area contributed by atoms with E-state index in [9.17, 15) is 18.4 Å². The molecule has 0 spiro atoms. The van der Waals surface area contributed by atoms with Gasteiger partial charge in [-0.2, -0.15) is 0 Å². The molecule has 3 rings (SSSR count). The van der Waals surface area contributed by atoms with Gasteiger partial charge in [0.25, 0.3) is 5.91 Å². The molecule has 1 heterocycles. The molecule has 1 amide bonds. The Morgan fingerprint density at radius 2 is 1.92 bits per heavy atom. The number of rotatable bonds is 4. The predicted molar refractivity (Wildman–Crippen MR) is 82.3 cm³/mol. The first-order valence-electron chi connectivity index (χ1n) is 7.33. The molecule has 0 saturated carbocycles. The molecule has 6 nitrogen and oxygen atoms in total. The number of carbonyl (C=O) groups excluding carboxylic acids is 2. The number of anilines is 1. The number of esters is 1. The van der Waals surface area contributed by atoms with Crippen molar-refractivity contribution in [2.45, 2.75) is 6.10 Å². The van der Waals surface area contributed by atoms with Crippen LogP contribution in [0.15, 0.2) is 42.5 Å². The van der Waals surface area contributed by atoms with Crippen LogP contribution in [0.3, 0.4) is 0 Å². The van der Waals surface area contributed by atoms with Crippen LogP contribution in [0, 0.1) is 11.6 Å². The van der Waals surface area contributed by atoms with Gasteiger partial charge in [-0.25, -0.2) is 13.6 Å². The summed E-state index contributed by atoms with van der Waals surface area (Å²) in [4.78, 5) is 23.7. The number of amides is 1. The Hall–Kier alpha value is -3.16. The third-order valence-corrected chi connectivity index (χ3v) is 3.32. The molecule has 0 unspecified atom stereocenters. The van der Waals surface area contributed by atoms with Gasteiger partial charge in [0.2, 0.25) is 6.10 Å². The van der Waals surface area contributed by atoms with Gasteiger partial charge >= 0.3 is 5.97 Å². The highest BCUT2D eigenvalue weighted by molar-refractivity contribution is 5.93. The molecule has 0 aromatic heterocycles. The van der Waals surface area contributed by atoms with Crippen LogP contribution in [0.5, 0.6) is 11.5 Å². The van der Waals surface area contributed by atoms with Crippen LogP contribution in [0.2, 0.25) is 0 Å². The second-order valence-electron chi connectivity index (χ2n) is 5.14. The average molecular weight is 349 g/mol. The Kier molecular flexibility index (Phi) is 4.78. The highest BCUT2D eigenvalue weighted by Gasteiger charge is 2.29. The molecule has 1 N–H and O–H groups in total. The summed E-state index contributed by atoms with van der Waals surface area (Å²) in [6.45, 7) is -0.693. The normalized spacial score (nSPS) is 15.4. The molecule has 130 valence electrons. The van der Waals surface area contributed by atoms with Crippen LogP contribution >= 0.6 is 0 Å². The molecule has 25 heavy (non-hydrogen) atoms. The summed E-state index contributed by atoms with van der Waals surface area (Å²) < 4.78 is 41.9. The summed E-state index contributed by atoms with van der Waals surface area (Å²) in [6, 6.07) is 9.52. The van der Waals surface area contributed by atoms with Crippen molar-refractivity contribution in [2.75, 3.05) is 18.5 Å². The fourth-order valence-corrected chi connectivity index (χ4v) is 2.14. The lowest BCUT2D eigenvalue weighted by Crippen LogP contribution is -2.39. The first kappa shape index (κ1) is 16.7. The van der Waals surface area contributed by atoms with Crippen LogP contribution in [0.25, 0.3) is 0 Å². The summed E-state index contributed by atoms with van der Waals surface area (Å²) in [7, 11) is 0. The van der Waals surface area contributed by atoms with Crippen molar-refractivity contribution < 1.29 is 32.6 Å². The lowest BCUT2D eigenvalue weighted by atomic mass is 10.2. The van der Waals surface area contributed by atoms with Crippen LogP contribution < -0.4 is 14.8 Å². The molecule has 0 saturated heterocycles. The SMILES string of the molecule is O=C(COC(=O)[C@@H]1COc2ccccc2O1)Nc1ccc(F)cc1F. The Balaban J connectivity index is 1.51. The van der Waals surface area contributed by atoms with Crippen molar-refractivity contribution >= 4 is 17.6 Å². The topological polar surface area (TPSA) is 73.9 Å². The van der Waals surface area contributed by atoms with E-state index in [1.165, 1.54) is 0 Å². The number of hydrogen-bond acceptors (Lipinski definition) is 5. The number of nitrogens with one attached hydrogen (secondary N) is 1. The zero-order chi connectivity index (χ0) is 17.8. The number of hydrogen-bond donors (Lipinski definition) is 1. The highest BCUT2D eigenvalue weighted by Crippen LogP contribution is 2.31. The van der Waals surface area contributed by atoms with Crippen molar-refractivity contribution in [2.24, 2.45) is 0 Å². The second kappa shape index (κ2) is 7.16.